The van der Waals surface area contributed by atoms with Crippen molar-refractivity contribution < 1.29 is 9.21 Å². The Balaban J connectivity index is 1.51. The maximum atomic E-state index is 13.0. The topological polar surface area (TPSA) is 62.5 Å². The zero-order chi connectivity index (χ0) is 17.9. The summed E-state index contributed by atoms with van der Waals surface area (Å²) in [5.74, 6) is 1.66. The highest BCUT2D eigenvalue weighted by Gasteiger charge is 2.28. The van der Waals surface area contributed by atoms with Crippen LogP contribution in [0.5, 0.6) is 0 Å². The lowest BCUT2D eigenvalue weighted by atomic mass is 10.1. The Morgan fingerprint density at radius 1 is 1.00 bits per heavy atom. The van der Waals surface area contributed by atoms with Crippen molar-refractivity contribution in [3.63, 3.8) is 0 Å². The van der Waals surface area contributed by atoms with Gasteiger partial charge in [0.1, 0.15) is 11.5 Å². The van der Waals surface area contributed by atoms with E-state index in [-0.39, 0.29) is 5.91 Å². The number of piperazine rings is 1. The molecule has 1 aliphatic rings. The van der Waals surface area contributed by atoms with Crippen molar-refractivity contribution in [1.82, 2.24) is 14.9 Å². The molecule has 0 aliphatic carbocycles. The highest BCUT2D eigenvalue weighted by atomic mass is 16.4. The van der Waals surface area contributed by atoms with Crippen LogP contribution in [0.15, 0.2) is 59.1 Å². The number of carbonyl (C=O) groups is 1. The Kier molecular flexibility index (Phi) is 4.39. The summed E-state index contributed by atoms with van der Waals surface area (Å²) in [5.41, 5.74) is 1.50. The van der Waals surface area contributed by atoms with Crippen LogP contribution in [0.25, 0.3) is 11.3 Å². The summed E-state index contributed by atoms with van der Waals surface area (Å²) in [6.45, 7) is 4.52. The molecular formula is C20H20N4O2. The minimum atomic E-state index is -0.106. The van der Waals surface area contributed by atoms with E-state index in [0.717, 1.165) is 24.5 Å². The maximum Gasteiger partial charge on any atom is 0.292 e. The standard InChI is InChI=1S/C20H20N4O2/c1-15-22-18(16-7-3-2-4-8-16)19(26-15)20(25)24-13-11-23(12-14-24)17-9-5-6-10-21-17/h2-10H,11-14H2,1H3. The lowest BCUT2D eigenvalue weighted by molar-refractivity contribution is 0.0714. The van der Waals surface area contributed by atoms with E-state index in [1.807, 2.05) is 53.4 Å². The number of pyridine rings is 1. The molecule has 0 bridgehead atoms. The molecule has 132 valence electrons. The second-order valence-corrected chi connectivity index (χ2v) is 6.24. The Labute approximate surface area is 152 Å². The zero-order valence-electron chi connectivity index (χ0n) is 14.6. The third-order valence-corrected chi connectivity index (χ3v) is 4.52. The van der Waals surface area contributed by atoms with Crippen LogP contribution in [0.3, 0.4) is 0 Å². The third-order valence-electron chi connectivity index (χ3n) is 4.52. The first-order valence-electron chi connectivity index (χ1n) is 8.70. The number of oxazole rings is 1. The van der Waals surface area contributed by atoms with E-state index in [0.29, 0.717) is 30.4 Å². The fourth-order valence-electron chi connectivity index (χ4n) is 3.19. The summed E-state index contributed by atoms with van der Waals surface area (Å²) in [7, 11) is 0. The van der Waals surface area contributed by atoms with E-state index in [1.54, 1.807) is 13.1 Å². The SMILES string of the molecule is Cc1nc(-c2ccccc2)c(C(=O)N2CCN(c3ccccn3)CC2)o1. The van der Waals surface area contributed by atoms with E-state index in [9.17, 15) is 4.79 Å². The van der Waals surface area contributed by atoms with Gasteiger partial charge in [-0.15, -0.1) is 0 Å². The summed E-state index contributed by atoms with van der Waals surface area (Å²) in [6, 6.07) is 15.5. The molecular weight excluding hydrogens is 328 g/mol. The van der Waals surface area contributed by atoms with Gasteiger partial charge in [0.05, 0.1) is 0 Å². The van der Waals surface area contributed by atoms with E-state index < -0.39 is 0 Å². The summed E-state index contributed by atoms with van der Waals surface area (Å²) in [5, 5.41) is 0. The molecule has 0 unspecified atom stereocenters. The fraction of sp³-hybridized carbons (Fsp3) is 0.250. The van der Waals surface area contributed by atoms with Gasteiger partial charge in [-0.25, -0.2) is 9.97 Å². The summed E-state index contributed by atoms with van der Waals surface area (Å²) >= 11 is 0. The van der Waals surface area contributed by atoms with Crippen molar-refractivity contribution in [1.29, 1.82) is 0 Å². The molecule has 6 nitrogen and oxygen atoms in total. The van der Waals surface area contributed by atoms with Crippen molar-refractivity contribution >= 4 is 11.7 Å². The molecule has 1 saturated heterocycles. The highest BCUT2D eigenvalue weighted by molar-refractivity contribution is 5.97. The maximum absolute atomic E-state index is 13.0. The molecule has 4 rings (SSSR count). The van der Waals surface area contributed by atoms with Gasteiger partial charge in [0, 0.05) is 44.9 Å². The van der Waals surface area contributed by atoms with Crippen LogP contribution in [-0.2, 0) is 0 Å². The Bertz CT molecular complexity index is 885. The minimum Gasteiger partial charge on any atom is -0.435 e. The first-order chi connectivity index (χ1) is 12.7. The van der Waals surface area contributed by atoms with E-state index >= 15 is 0 Å². The Hall–Kier alpha value is -3.15. The molecule has 3 aromatic rings. The predicted molar refractivity (Wildman–Crippen MR) is 99.0 cm³/mol. The van der Waals surface area contributed by atoms with Crippen LogP contribution in [0.2, 0.25) is 0 Å². The zero-order valence-corrected chi connectivity index (χ0v) is 14.6. The Morgan fingerprint density at radius 2 is 1.73 bits per heavy atom. The van der Waals surface area contributed by atoms with Crippen molar-refractivity contribution in [2.45, 2.75) is 6.92 Å². The average molecular weight is 348 g/mol. The van der Waals surface area contributed by atoms with Gasteiger partial charge in [-0.2, -0.15) is 0 Å². The van der Waals surface area contributed by atoms with Crippen molar-refractivity contribution in [2.24, 2.45) is 0 Å². The number of nitrogens with zero attached hydrogens (tertiary/aromatic N) is 4. The molecule has 2 aromatic heterocycles. The summed E-state index contributed by atoms with van der Waals surface area (Å²) in [4.78, 5) is 25.8. The van der Waals surface area contributed by atoms with Crippen molar-refractivity contribution in [3.05, 3.63) is 66.4 Å². The van der Waals surface area contributed by atoms with Crippen LogP contribution < -0.4 is 4.90 Å². The number of hydrogen-bond acceptors (Lipinski definition) is 5. The number of aromatic nitrogens is 2. The molecule has 0 atom stereocenters. The van der Waals surface area contributed by atoms with Crippen LogP contribution >= 0.6 is 0 Å². The van der Waals surface area contributed by atoms with E-state index in [4.69, 9.17) is 4.42 Å². The Morgan fingerprint density at radius 3 is 2.42 bits per heavy atom. The molecule has 6 heteroatoms. The lowest BCUT2D eigenvalue weighted by Gasteiger charge is -2.35. The van der Waals surface area contributed by atoms with Crippen LogP contribution in [0.4, 0.5) is 5.82 Å². The van der Waals surface area contributed by atoms with Gasteiger partial charge < -0.3 is 14.2 Å². The van der Waals surface area contributed by atoms with Gasteiger partial charge in [-0.1, -0.05) is 36.4 Å². The monoisotopic (exact) mass is 348 g/mol. The van der Waals surface area contributed by atoms with Gasteiger partial charge in [-0.05, 0) is 12.1 Å². The molecule has 1 fully saturated rings. The van der Waals surface area contributed by atoms with Crippen LogP contribution in [0.1, 0.15) is 16.4 Å². The van der Waals surface area contributed by atoms with E-state index in [1.165, 1.54) is 0 Å². The molecule has 26 heavy (non-hydrogen) atoms. The quantitative estimate of drug-likeness (QED) is 0.728. The molecule has 0 N–H and O–H groups in total. The van der Waals surface area contributed by atoms with Gasteiger partial charge in [0.15, 0.2) is 5.89 Å². The number of benzene rings is 1. The summed E-state index contributed by atoms with van der Waals surface area (Å²) < 4.78 is 5.67. The van der Waals surface area contributed by atoms with Crippen molar-refractivity contribution in [2.75, 3.05) is 31.1 Å². The number of anilines is 1. The first kappa shape index (κ1) is 16.3. The van der Waals surface area contributed by atoms with E-state index in [2.05, 4.69) is 14.9 Å². The van der Waals surface area contributed by atoms with Crippen molar-refractivity contribution in [3.8, 4) is 11.3 Å². The van der Waals surface area contributed by atoms with Gasteiger partial charge >= 0.3 is 0 Å². The normalized spacial score (nSPS) is 14.5. The first-order valence-corrected chi connectivity index (χ1v) is 8.70. The highest BCUT2D eigenvalue weighted by Crippen LogP contribution is 2.25. The number of hydrogen-bond donors (Lipinski definition) is 0. The smallest absolute Gasteiger partial charge is 0.292 e. The van der Waals surface area contributed by atoms with Crippen LogP contribution in [-0.4, -0.2) is 47.0 Å². The molecule has 1 aromatic carbocycles. The second kappa shape index (κ2) is 7.00. The largest absolute Gasteiger partial charge is 0.435 e. The predicted octanol–water partition coefficient (Wildman–Crippen LogP) is 3.01. The number of aryl methyl sites for hydroxylation is 1. The summed E-state index contributed by atoms with van der Waals surface area (Å²) in [6.07, 6.45) is 1.79. The second-order valence-electron chi connectivity index (χ2n) is 6.24. The molecule has 0 radical (unpaired) electrons. The van der Waals surface area contributed by atoms with Crippen LogP contribution in [0, 0.1) is 6.92 Å². The van der Waals surface area contributed by atoms with Gasteiger partial charge in [-0.3, -0.25) is 4.79 Å². The minimum absolute atomic E-state index is 0.106. The third kappa shape index (κ3) is 3.18. The number of carbonyl (C=O) groups excluding carboxylic acids is 1. The average Bonchev–Trinajstić information content (AvgIpc) is 3.11. The molecule has 1 aliphatic heterocycles. The van der Waals surface area contributed by atoms with Gasteiger partial charge in [0.25, 0.3) is 5.91 Å². The number of rotatable bonds is 3. The molecule has 1 amide bonds. The fourth-order valence-corrected chi connectivity index (χ4v) is 3.19. The molecule has 0 saturated carbocycles. The molecule has 0 spiro atoms. The van der Waals surface area contributed by atoms with Gasteiger partial charge in [0.2, 0.25) is 5.76 Å². The lowest BCUT2D eigenvalue weighted by Crippen LogP contribution is -2.49. The number of amides is 1. The molecule has 3 heterocycles.